The molecule has 0 atom stereocenters. The summed E-state index contributed by atoms with van der Waals surface area (Å²) in [5.74, 6) is 0.158. The van der Waals surface area contributed by atoms with Crippen molar-refractivity contribution in [2.24, 2.45) is 0 Å². The molecule has 21 heavy (non-hydrogen) atoms. The second-order valence-electron chi connectivity index (χ2n) is 4.72. The van der Waals surface area contributed by atoms with Crippen LogP contribution in [0.5, 0.6) is 5.75 Å². The summed E-state index contributed by atoms with van der Waals surface area (Å²) >= 11 is 11.8. The number of nitrogens with zero attached hydrogens (tertiary/aromatic N) is 1. The van der Waals surface area contributed by atoms with E-state index in [0.717, 1.165) is 0 Å². The molecule has 0 unspecified atom stereocenters. The minimum absolute atomic E-state index is 0.134. The Kier molecular flexibility index (Phi) is 4.40. The second-order valence-corrected chi connectivity index (χ2v) is 5.57. The van der Waals surface area contributed by atoms with Crippen LogP contribution in [-0.4, -0.2) is 16.0 Å². The van der Waals surface area contributed by atoms with Crippen LogP contribution in [0.15, 0.2) is 18.2 Å². The number of hydrogen-bond acceptors (Lipinski definition) is 3. The minimum Gasteiger partial charge on any atom is -0.506 e. The van der Waals surface area contributed by atoms with Crippen molar-refractivity contribution in [1.29, 1.82) is 0 Å². The molecule has 1 amide bonds. The molecule has 0 spiro atoms. The SMILES string of the molecule is Cc1nc(NC(=O)c2ccc(Cl)cc2Cl)c(C)c(C)c1O. The molecule has 0 radical (unpaired) electrons. The lowest BCUT2D eigenvalue weighted by atomic mass is 10.1. The third kappa shape index (κ3) is 3.12. The van der Waals surface area contributed by atoms with Crippen LogP contribution < -0.4 is 5.32 Å². The smallest absolute Gasteiger partial charge is 0.258 e. The van der Waals surface area contributed by atoms with Gasteiger partial charge in [0.15, 0.2) is 0 Å². The van der Waals surface area contributed by atoms with E-state index in [1.165, 1.54) is 6.07 Å². The number of aromatic nitrogens is 1. The number of halogens is 2. The Labute approximate surface area is 132 Å². The number of hydrogen-bond donors (Lipinski definition) is 2. The topological polar surface area (TPSA) is 62.2 Å². The molecule has 0 aliphatic rings. The second kappa shape index (κ2) is 5.92. The summed E-state index contributed by atoms with van der Waals surface area (Å²) in [7, 11) is 0. The van der Waals surface area contributed by atoms with Crippen molar-refractivity contribution >= 4 is 34.9 Å². The third-order valence-electron chi connectivity index (χ3n) is 3.30. The highest BCUT2D eigenvalue weighted by atomic mass is 35.5. The van der Waals surface area contributed by atoms with E-state index in [4.69, 9.17) is 23.2 Å². The summed E-state index contributed by atoms with van der Waals surface area (Å²) in [4.78, 5) is 16.5. The van der Waals surface area contributed by atoms with Crippen molar-refractivity contribution in [3.63, 3.8) is 0 Å². The molecule has 1 heterocycles. The molecule has 2 N–H and O–H groups in total. The van der Waals surface area contributed by atoms with Gasteiger partial charge in [-0.25, -0.2) is 4.98 Å². The fourth-order valence-corrected chi connectivity index (χ4v) is 2.40. The molecular formula is C15H14Cl2N2O2. The molecule has 0 saturated heterocycles. The van der Waals surface area contributed by atoms with Gasteiger partial charge in [-0.1, -0.05) is 23.2 Å². The van der Waals surface area contributed by atoms with Crippen LogP contribution in [0.25, 0.3) is 0 Å². The van der Waals surface area contributed by atoms with Crippen molar-refractivity contribution in [1.82, 2.24) is 4.98 Å². The fraction of sp³-hybridized carbons (Fsp3) is 0.200. The molecule has 0 fully saturated rings. The molecule has 2 rings (SSSR count). The number of nitrogens with one attached hydrogen (secondary N) is 1. The molecule has 1 aromatic carbocycles. The lowest BCUT2D eigenvalue weighted by Gasteiger charge is -2.13. The minimum atomic E-state index is -0.378. The summed E-state index contributed by atoms with van der Waals surface area (Å²) in [6, 6.07) is 4.65. The van der Waals surface area contributed by atoms with Gasteiger partial charge in [0.2, 0.25) is 0 Å². The van der Waals surface area contributed by atoms with Gasteiger partial charge in [-0.05, 0) is 50.1 Å². The lowest BCUT2D eigenvalue weighted by molar-refractivity contribution is 0.102. The monoisotopic (exact) mass is 324 g/mol. The fourth-order valence-electron chi connectivity index (χ4n) is 1.90. The Balaban J connectivity index is 2.36. The van der Waals surface area contributed by atoms with Gasteiger partial charge in [-0.2, -0.15) is 0 Å². The van der Waals surface area contributed by atoms with Crippen molar-refractivity contribution in [3.8, 4) is 5.75 Å². The van der Waals surface area contributed by atoms with E-state index >= 15 is 0 Å². The largest absolute Gasteiger partial charge is 0.506 e. The molecule has 4 nitrogen and oxygen atoms in total. The van der Waals surface area contributed by atoms with Gasteiger partial charge in [0.1, 0.15) is 11.6 Å². The van der Waals surface area contributed by atoms with Gasteiger partial charge in [0, 0.05) is 5.02 Å². The van der Waals surface area contributed by atoms with E-state index in [2.05, 4.69) is 10.3 Å². The Morgan fingerprint density at radius 3 is 2.48 bits per heavy atom. The first-order valence-corrected chi connectivity index (χ1v) is 7.00. The molecule has 0 aliphatic heterocycles. The van der Waals surface area contributed by atoms with Crippen LogP contribution in [0.1, 0.15) is 27.2 Å². The van der Waals surface area contributed by atoms with Gasteiger partial charge in [0.25, 0.3) is 5.91 Å². The summed E-state index contributed by atoms with van der Waals surface area (Å²) in [6.45, 7) is 5.22. The zero-order chi connectivity index (χ0) is 15.7. The predicted octanol–water partition coefficient (Wildman–Crippen LogP) is 4.27. The quantitative estimate of drug-likeness (QED) is 0.867. The third-order valence-corrected chi connectivity index (χ3v) is 3.85. The number of aryl methyl sites for hydroxylation is 1. The van der Waals surface area contributed by atoms with Crippen molar-refractivity contribution in [2.75, 3.05) is 5.32 Å². The average molecular weight is 325 g/mol. The Bertz CT molecular complexity index is 730. The standard InChI is InChI=1S/C15H14Cl2N2O2/c1-7-8(2)14(18-9(3)13(7)20)19-15(21)11-5-4-10(16)6-12(11)17/h4-6,20H,1-3H3,(H,18,19,21). The first-order valence-electron chi connectivity index (χ1n) is 6.24. The maximum Gasteiger partial charge on any atom is 0.258 e. The highest BCUT2D eigenvalue weighted by molar-refractivity contribution is 6.37. The first kappa shape index (κ1) is 15.6. The first-order chi connectivity index (χ1) is 9.81. The summed E-state index contributed by atoms with van der Waals surface area (Å²) in [6.07, 6.45) is 0. The molecule has 2 aromatic rings. The van der Waals surface area contributed by atoms with E-state index in [1.54, 1.807) is 32.9 Å². The van der Waals surface area contributed by atoms with Crippen LogP contribution in [0, 0.1) is 20.8 Å². The summed E-state index contributed by atoms with van der Waals surface area (Å²) < 4.78 is 0. The number of carbonyl (C=O) groups is 1. The molecule has 6 heteroatoms. The Morgan fingerprint density at radius 2 is 1.86 bits per heavy atom. The van der Waals surface area contributed by atoms with Gasteiger partial charge in [0.05, 0.1) is 16.3 Å². The predicted molar refractivity (Wildman–Crippen MR) is 84.5 cm³/mol. The molecule has 1 aromatic heterocycles. The normalized spacial score (nSPS) is 10.5. The molecule has 0 bridgehead atoms. The number of benzene rings is 1. The summed E-state index contributed by atoms with van der Waals surface area (Å²) in [5.41, 5.74) is 2.15. The number of anilines is 1. The number of carbonyl (C=O) groups excluding carboxylic acids is 1. The molecule has 0 saturated carbocycles. The maximum atomic E-state index is 12.3. The Hall–Kier alpha value is -1.78. The number of aromatic hydroxyl groups is 1. The van der Waals surface area contributed by atoms with Gasteiger partial charge in [-0.3, -0.25) is 4.79 Å². The van der Waals surface area contributed by atoms with Crippen LogP contribution in [0.4, 0.5) is 5.82 Å². The molecule has 0 aliphatic carbocycles. The number of pyridine rings is 1. The van der Waals surface area contributed by atoms with Crippen LogP contribution >= 0.6 is 23.2 Å². The van der Waals surface area contributed by atoms with Gasteiger partial charge in [-0.15, -0.1) is 0 Å². The van der Waals surface area contributed by atoms with Gasteiger partial charge < -0.3 is 10.4 Å². The zero-order valence-corrected chi connectivity index (χ0v) is 13.3. The van der Waals surface area contributed by atoms with Crippen molar-refractivity contribution < 1.29 is 9.90 Å². The lowest BCUT2D eigenvalue weighted by Crippen LogP contribution is -2.15. The van der Waals surface area contributed by atoms with Crippen molar-refractivity contribution in [2.45, 2.75) is 20.8 Å². The van der Waals surface area contributed by atoms with Crippen LogP contribution in [0.2, 0.25) is 10.0 Å². The van der Waals surface area contributed by atoms with Crippen LogP contribution in [-0.2, 0) is 0 Å². The van der Waals surface area contributed by atoms with E-state index < -0.39 is 0 Å². The zero-order valence-electron chi connectivity index (χ0n) is 11.8. The maximum absolute atomic E-state index is 12.3. The van der Waals surface area contributed by atoms with E-state index in [1.807, 2.05) is 0 Å². The van der Waals surface area contributed by atoms with E-state index in [0.29, 0.717) is 33.2 Å². The number of rotatable bonds is 2. The van der Waals surface area contributed by atoms with Gasteiger partial charge >= 0.3 is 0 Å². The number of amides is 1. The van der Waals surface area contributed by atoms with E-state index in [9.17, 15) is 9.90 Å². The Morgan fingerprint density at radius 1 is 1.19 bits per heavy atom. The summed E-state index contributed by atoms with van der Waals surface area (Å²) in [5, 5.41) is 13.3. The van der Waals surface area contributed by atoms with E-state index in [-0.39, 0.29) is 16.7 Å². The van der Waals surface area contributed by atoms with Crippen molar-refractivity contribution in [3.05, 3.63) is 50.6 Å². The molecule has 110 valence electrons. The average Bonchev–Trinajstić information content (AvgIpc) is 2.42. The molecular weight excluding hydrogens is 311 g/mol. The van der Waals surface area contributed by atoms with Crippen LogP contribution in [0.3, 0.4) is 0 Å². The highest BCUT2D eigenvalue weighted by Crippen LogP contribution is 2.28. The highest BCUT2D eigenvalue weighted by Gasteiger charge is 2.16.